The average Bonchev–Trinajstić information content (AvgIpc) is 2.14. The van der Waals surface area contributed by atoms with Crippen LogP contribution in [0.2, 0.25) is 0 Å². The molecular weight excluding hydrogens is 176 g/mol. The van der Waals surface area contributed by atoms with E-state index in [1.807, 2.05) is 0 Å². The maximum Gasteiger partial charge on any atom is 0.527 e. The lowest BCUT2D eigenvalue weighted by Gasteiger charge is -2.23. The van der Waals surface area contributed by atoms with Crippen LogP contribution >= 0.6 is 0 Å². The predicted molar refractivity (Wildman–Crippen MR) is 47.9 cm³/mol. The molecule has 0 aliphatic rings. The lowest BCUT2D eigenvalue weighted by molar-refractivity contribution is 0.0637. The van der Waals surface area contributed by atoms with Gasteiger partial charge in [-0.15, -0.1) is 0 Å². The summed E-state index contributed by atoms with van der Waals surface area (Å²) in [6, 6.07) is 0. The normalized spacial score (nSPS) is 12.0. The van der Waals surface area contributed by atoms with E-state index >= 15 is 0 Å². The molecule has 74 valence electrons. The molecule has 0 atom stereocenters. The molecule has 0 aromatic heterocycles. The molecule has 0 fully saturated rings. The molecule has 0 spiro atoms. The minimum absolute atomic E-state index is 0.421. The highest BCUT2D eigenvalue weighted by molar-refractivity contribution is 6.60. The van der Waals surface area contributed by atoms with Crippen LogP contribution in [-0.4, -0.2) is 43.0 Å². The van der Waals surface area contributed by atoms with Crippen LogP contribution < -0.4 is 0 Å². The largest absolute Gasteiger partial charge is 0.527 e. The number of ether oxygens (including phenoxy) is 1. The summed E-state index contributed by atoms with van der Waals surface area (Å²) >= 11 is 0. The van der Waals surface area contributed by atoms with Gasteiger partial charge in [0.15, 0.2) is 0 Å². The Bertz CT molecular complexity index is 97.3. The minimum atomic E-state index is -2.48. The monoisotopic (exact) mass is 194 g/mol. The van der Waals surface area contributed by atoms with Gasteiger partial charge in [0.05, 0.1) is 0 Å². The molecule has 0 unspecified atom stereocenters. The van der Waals surface area contributed by atoms with Crippen molar-refractivity contribution in [3.63, 3.8) is 0 Å². The second kappa shape index (κ2) is 6.56. The van der Waals surface area contributed by atoms with Crippen LogP contribution in [0.3, 0.4) is 0 Å². The molecule has 0 bridgehead atoms. The smallest absolute Gasteiger partial charge is 0.377 e. The van der Waals surface area contributed by atoms with Crippen LogP contribution in [-0.2, 0) is 18.0 Å². The van der Waals surface area contributed by atoms with Crippen LogP contribution in [0, 0.1) is 0 Å². The van der Waals surface area contributed by atoms with E-state index in [2.05, 4.69) is 6.92 Å². The molecule has 0 radical (unpaired) electrons. The van der Waals surface area contributed by atoms with Gasteiger partial charge in [-0.2, -0.15) is 0 Å². The summed E-state index contributed by atoms with van der Waals surface area (Å²) < 4.78 is 20.8. The van der Waals surface area contributed by atoms with Gasteiger partial charge in [-0.1, -0.05) is 6.92 Å². The minimum Gasteiger partial charge on any atom is -0.377 e. The van der Waals surface area contributed by atoms with Gasteiger partial charge in [-0.05, 0) is 6.42 Å². The zero-order chi connectivity index (χ0) is 9.45. The summed E-state index contributed by atoms with van der Waals surface area (Å²) in [5, 5.41) is 0. The lowest BCUT2D eigenvalue weighted by atomic mass is 10.5. The van der Waals surface area contributed by atoms with E-state index in [0.29, 0.717) is 12.8 Å². The quantitative estimate of drug-likeness (QED) is 0.444. The van der Waals surface area contributed by atoms with Crippen molar-refractivity contribution < 1.29 is 18.0 Å². The number of hydrogen-bond acceptors (Lipinski definition) is 4. The Hall–Kier alpha value is 0.0569. The summed E-state index contributed by atoms with van der Waals surface area (Å²) in [5.74, 6) is 0. The Balaban J connectivity index is 3.76. The molecule has 12 heavy (non-hydrogen) atoms. The van der Waals surface area contributed by atoms with Gasteiger partial charge >= 0.3 is 8.80 Å². The summed E-state index contributed by atoms with van der Waals surface area (Å²) in [5.41, 5.74) is 0. The van der Waals surface area contributed by atoms with E-state index in [-0.39, 0.29) is 0 Å². The Morgan fingerprint density at radius 2 is 1.50 bits per heavy atom. The van der Waals surface area contributed by atoms with Crippen molar-refractivity contribution in [1.82, 2.24) is 0 Å². The molecule has 0 saturated heterocycles. The summed E-state index contributed by atoms with van der Waals surface area (Å²) in [7, 11) is 2.26. The maximum absolute atomic E-state index is 5.31. The van der Waals surface area contributed by atoms with Crippen molar-refractivity contribution in [1.29, 1.82) is 0 Å². The van der Waals surface area contributed by atoms with Crippen molar-refractivity contribution in [2.24, 2.45) is 0 Å². The van der Waals surface area contributed by atoms with E-state index in [1.54, 1.807) is 21.3 Å². The zero-order valence-electron chi connectivity index (χ0n) is 8.25. The molecule has 0 aliphatic carbocycles. The molecule has 0 saturated carbocycles. The Labute approximate surface area is 75.1 Å². The van der Waals surface area contributed by atoms with E-state index in [9.17, 15) is 0 Å². The fourth-order valence-corrected chi connectivity index (χ4v) is 2.02. The SMILES string of the molecule is CCCOC[Si](OC)(OC)OC. The fraction of sp³-hybridized carbons (Fsp3) is 1.00. The molecule has 0 aliphatic heterocycles. The molecule has 0 N–H and O–H groups in total. The van der Waals surface area contributed by atoms with Crippen LogP contribution in [0.4, 0.5) is 0 Å². The topological polar surface area (TPSA) is 36.9 Å². The Morgan fingerprint density at radius 1 is 1.00 bits per heavy atom. The van der Waals surface area contributed by atoms with Crippen LogP contribution in [0.1, 0.15) is 13.3 Å². The average molecular weight is 194 g/mol. The summed E-state index contributed by atoms with van der Waals surface area (Å²) in [4.78, 5) is 0. The van der Waals surface area contributed by atoms with E-state index in [1.165, 1.54) is 0 Å². The molecule has 0 aromatic rings. The van der Waals surface area contributed by atoms with Gasteiger partial charge in [-0.25, -0.2) is 0 Å². The number of hydrogen-bond donors (Lipinski definition) is 0. The van der Waals surface area contributed by atoms with Crippen LogP contribution in [0.25, 0.3) is 0 Å². The third-order valence-electron chi connectivity index (χ3n) is 1.56. The second-order valence-electron chi connectivity index (χ2n) is 2.35. The van der Waals surface area contributed by atoms with Gasteiger partial charge in [0.25, 0.3) is 0 Å². The van der Waals surface area contributed by atoms with Crippen molar-refractivity contribution in [3.05, 3.63) is 0 Å². The first-order valence-electron chi connectivity index (χ1n) is 3.98. The highest BCUT2D eigenvalue weighted by atomic mass is 28.4. The second-order valence-corrected chi connectivity index (χ2v) is 5.23. The van der Waals surface area contributed by atoms with Crippen molar-refractivity contribution in [2.45, 2.75) is 13.3 Å². The molecule has 0 heterocycles. The van der Waals surface area contributed by atoms with Crippen molar-refractivity contribution >= 4 is 8.80 Å². The standard InChI is InChI=1S/C7H18O4Si/c1-5-6-11-7-12(8-2,9-3)10-4/h5-7H2,1-4H3. The first-order valence-corrected chi connectivity index (χ1v) is 5.91. The van der Waals surface area contributed by atoms with Gasteiger partial charge in [0.2, 0.25) is 0 Å². The van der Waals surface area contributed by atoms with Crippen LogP contribution in [0.15, 0.2) is 0 Å². The summed E-state index contributed by atoms with van der Waals surface area (Å²) in [6.45, 7) is 2.76. The fourth-order valence-electron chi connectivity index (χ4n) is 0.768. The lowest BCUT2D eigenvalue weighted by Crippen LogP contribution is -2.48. The first-order chi connectivity index (χ1) is 5.74. The van der Waals surface area contributed by atoms with Crippen LogP contribution in [0.5, 0.6) is 0 Å². The third-order valence-corrected chi connectivity index (χ3v) is 3.98. The molecule has 5 heteroatoms. The molecular formula is C7H18O4Si. The van der Waals surface area contributed by atoms with E-state index in [0.717, 1.165) is 6.42 Å². The van der Waals surface area contributed by atoms with Gasteiger partial charge < -0.3 is 18.0 Å². The number of rotatable bonds is 7. The molecule has 0 aromatic carbocycles. The van der Waals surface area contributed by atoms with Gasteiger partial charge in [0.1, 0.15) is 6.23 Å². The molecule has 0 amide bonds. The predicted octanol–water partition coefficient (Wildman–Crippen LogP) is 0.830. The Kier molecular flexibility index (Phi) is 6.59. The molecule has 4 nitrogen and oxygen atoms in total. The third kappa shape index (κ3) is 3.64. The Morgan fingerprint density at radius 3 is 1.83 bits per heavy atom. The zero-order valence-corrected chi connectivity index (χ0v) is 9.25. The van der Waals surface area contributed by atoms with Gasteiger partial charge in [0, 0.05) is 27.9 Å². The maximum atomic E-state index is 5.31. The summed E-state index contributed by atoms with van der Waals surface area (Å²) in [6.07, 6.45) is 1.41. The highest BCUT2D eigenvalue weighted by Crippen LogP contribution is 2.06. The van der Waals surface area contributed by atoms with E-state index in [4.69, 9.17) is 18.0 Å². The van der Waals surface area contributed by atoms with Gasteiger partial charge in [-0.3, -0.25) is 0 Å². The van der Waals surface area contributed by atoms with Crippen molar-refractivity contribution in [2.75, 3.05) is 34.2 Å². The molecule has 0 rings (SSSR count). The first kappa shape index (κ1) is 12.1. The van der Waals surface area contributed by atoms with E-state index < -0.39 is 8.80 Å². The van der Waals surface area contributed by atoms with Crippen molar-refractivity contribution in [3.8, 4) is 0 Å². The highest BCUT2D eigenvalue weighted by Gasteiger charge is 2.38.